The number of hydrogen-bond donors (Lipinski definition) is 1. The highest BCUT2D eigenvalue weighted by molar-refractivity contribution is 7.98. The normalized spacial score (nSPS) is 30.4. The molecule has 4 heteroatoms. The first-order chi connectivity index (χ1) is 12.3. The largest absolute Gasteiger partial charge is 0.359 e. The molecule has 6 rings (SSSR count). The van der Waals surface area contributed by atoms with Gasteiger partial charge in [0.1, 0.15) is 18.8 Å². The van der Waals surface area contributed by atoms with Crippen molar-refractivity contribution in [3.8, 4) is 0 Å². The summed E-state index contributed by atoms with van der Waals surface area (Å²) in [5.74, 6) is 1.72. The smallest absolute Gasteiger partial charge is 0.111 e. The van der Waals surface area contributed by atoms with Crippen molar-refractivity contribution in [2.45, 2.75) is 35.7 Å². The van der Waals surface area contributed by atoms with Crippen molar-refractivity contribution < 1.29 is 9.64 Å². The molecule has 0 aliphatic carbocycles. The second-order valence-corrected chi connectivity index (χ2v) is 8.97. The first-order valence-corrected chi connectivity index (χ1v) is 10.6. The molecule has 0 amide bonds. The van der Waals surface area contributed by atoms with E-state index in [0.29, 0.717) is 6.10 Å². The van der Waals surface area contributed by atoms with Gasteiger partial charge in [-0.25, -0.2) is 0 Å². The number of fused-ring (bicyclic) bond motifs is 5. The molecule has 2 atom stereocenters. The summed E-state index contributed by atoms with van der Waals surface area (Å²) in [7, 11) is 0. The predicted octanol–water partition coefficient (Wildman–Crippen LogP) is 3.73. The first-order valence-electron chi connectivity index (χ1n) is 9.27. The van der Waals surface area contributed by atoms with Gasteiger partial charge in [-0.3, -0.25) is 0 Å². The van der Waals surface area contributed by atoms with E-state index in [2.05, 4.69) is 36.4 Å². The van der Waals surface area contributed by atoms with Crippen molar-refractivity contribution in [1.82, 2.24) is 0 Å². The molecule has 25 heavy (non-hydrogen) atoms. The minimum atomic E-state index is 0.00449. The average molecular weight is 373 g/mol. The van der Waals surface area contributed by atoms with E-state index in [1.165, 1.54) is 47.5 Å². The van der Waals surface area contributed by atoms with Crippen molar-refractivity contribution in [1.29, 1.82) is 0 Å². The van der Waals surface area contributed by atoms with Crippen molar-refractivity contribution in [3.63, 3.8) is 0 Å². The van der Waals surface area contributed by atoms with Crippen LogP contribution in [-0.2, 0) is 10.5 Å². The number of nitrogens with one attached hydrogen (secondary N) is 1. The summed E-state index contributed by atoms with van der Waals surface area (Å²) in [5, 5.41) is 0.798. The van der Waals surface area contributed by atoms with Crippen LogP contribution in [0.25, 0.3) is 0 Å². The molecule has 0 unspecified atom stereocenters. The van der Waals surface area contributed by atoms with Crippen molar-refractivity contribution >= 4 is 23.4 Å². The van der Waals surface area contributed by atoms with Crippen LogP contribution >= 0.6 is 23.4 Å². The summed E-state index contributed by atoms with van der Waals surface area (Å²) in [6.07, 6.45) is 2.99. The van der Waals surface area contributed by atoms with Gasteiger partial charge in [-0.1, -0.05) is 35.9 Å². The van der Waals surface area contributed by atoms with Gasteiger partial charge in [-0.2, -0.15) is 0 Å². The summed E-state index contributed by atoms with van der Waals surface area (Å²) in [4.78, 5) is 3.02. The summed E-state index contributed by atoms with van der Waals surface area (Å²) < 4.78 is 6.86. The van der Waals surface area contributed by atoms with Crippen LogP contribution in [0.2, 0.25) is 5.02 Å². The number of ether oxygens (including phenoxy) is 1. The third kappa shape index (κ3) is 3.02. The summed E-state index contributed by atoms with van der Waals surface area (Å²) in [5.41, 5.74) is 3.95. The monoisotopic (exact) mass is 372 g/mol. The minimum Gasteiger partial charge on any atom is -0.359 e. The molecule has 4 aliphatic rings. The predicted molar refractivity (Wildman–Crippen MR) is 102 cm³/mol. The lowest BCUT2D eigenvalue weighted by Crippen LogP contribution is -3.16. The third-order valence-electron chi connectivity index (χ3n) is 6.04. The molecule has 2 bridgehead atoms. The van der Waals surface area contributed by atoms with Gasteiger partial charge in [0.2, 0.25) is 0 Å². The van der Waals surface area contributed by atoms with Crippen molar-refractivity contribution in [2.75, 3.05) is 19.6 Å². The highest BCUT2D eigenvalue weighted by atomic mass is 35.5. The van der Waals surface area contributed by atoms with Gasteiger partial charge in [0.05, 0.1) is 13.1 Å². The van der Waals surface area contributed by atoms with Crippen molar-refractivity contribution in [3.05, 3.63) is 64.2 Å². The van der Waals surface area contributed by atoms with E-state index < -0.39 is 0 Å². The van der Waals surface area contributed by atoms with E-state index in [-0.39, 0.29) is 6.10 Å². The molecule has 2 aromatic carbocycles. The third-order valence-corrected chi connectivity index (χ3v) is 7.41. The number of hydrogen-bond acceptors (Lipinski definition) is 2. The van der Waals surface area contributed by atoms with Crippen LogP contribution in [0.5, 0.6) is 0 Å². The molecule has 0 saturated carbocycles. The lowest BCUT2D eigenvalue weighted by atomic mass is 9.85. The summed E-state index contributed by atoms with van der Waals surface area (Å²) in [6, 6.07) is 15.0. The molecule has 1 N–H and O–H groups in total. The number of piperidine rings is 3. The molecule has 130 valence electrons. The Kier molecular flexibility index (Phi) is 4.29. The number of rotatable bonds is 2. The zero-order valence-electron chi connectivity index (χ0n) is 14.2. The molecule has 2 nitrogen and oxygen atoms in total. The number of thioether (sulfide) groups is 1. The molecular formula is C21H23ClNOS+. The van der Waals surface area contributed by atoms with Crippen LogP contribution in [-0.4, -0.2) is 25.7 Å². The lowest BCUT2D eigenvalue weighted by Gasteiger charge is -2.43. The highest BCUT2D eigenvalue weighted by Gasteiger charge is 2.40. The Labute approximate surface area is 158 Å². The van der Waals surface area contributed by atoms with Gasteiger partial charge >= 0.3 is 0 Å². The Bertz CT molecular complexity index is 787. The van der Waals surface area contributed by atoms with Crippen LogP contribution in [0, 0.1) is 5.92 Å². The van der Waals surface area contributed by atoms with E-state index in [1.807, 2.05) is 17.8 Å². The lowest BCUT2D eigenvalue weighted by molar-refractivity contribution is -0.920. The molecule has 0 aromatic heterocycles. The molecule has 4 heterocycles. The van der Waals surface area contributed by atoms with Gasteiger partial charge < -0.3 is 9.64 Å². The Hall–Kier alpha value is -1.00. The van der Waals surface area contributed by atoms with E-state index in [9.17, 15) is 0 Å². The SMILES string of the molecule is Clc1ccc2c(c1)[C@@H](O[C@@H]1C[NH+]3CCC1CC3)c1ccccc1CS2. The number of quaternary nitrogens is 1. The van der Waals surface area contributed by atoms with Crippen LogP contribution in [0.4, 0.5) is 0 Å². The zero-order chi connectivity index (χ0) is 16.8. The van der Waals surface area contributed by atoms with E-state index >= 15 is 0 Å². The Morgan fingerprint density at radius 1 is 1.04 bits per heavy atom. The van der Waals surface area contributed by atoms with E-state index in [0.717, 1.165) is 23.2 Å². The average Bonchev–Trinajstić information content (AvgIpc) is 2.80. The maximum atomic E-state index is 6.86. The minimum absolute atomic E-state index is 0.00449. The Morgan fingerprint density at radius 3 is 2.68 bits per heavy atom. The Balaban J connectivity index is 1.56. The number of halogens is 1. The molecule has 2 aromatic rings. The molecule has 3 fully saturated rings. The standard InChI is InChI=1S/C21H22ClNOS/c22-16-5-6-20-18(11-16)21(17-4-2-1-3-15(17)13-25-20)24-19-12-23-9-7-14(19)8-10-23/h1-6,11,14,19,21H,7-10,12-13H2/p+1/t19-,21+/m1/s1. The maximum absolute atomic E-state index is 6.86. The summed E-state index contributed by atoms with van der Waals surface area (Å²) in [6.45, 7) is 3.81. The van der Waals surface area contributed by atoms with Crippen LogP contribution in [0.15, 0.2) is 47.4 Å². The fourth-order valence-electron chi connectivity index (χ4n) is 4.66. The molecule has 3 saturated heterocycles. The molecule has 0 radical (unpaired) electrons. The maximum Gasteiger partial charge on any atom is 0.111 e. The fourth-order valence-corrected chi connectivity index (χ4v) is 5.91. The van der Waals surface area contributed by atoms with Crippen LogP contribution in [0.1, 0.15) is 35.6 Å². The highest BCUT2D eigenvalue weighted by Crippen LogP contribution is 2.43. The topological polar surface area (TPSA) is 13.7 Å². The van der Waals surface area contributed by atoms with Gasteiger partial charge in [0.25, 0.3) is 0 Å². The van der Waals surface area contributed by atoms with Crippen LogP contribution < -0.4 is 4.90 Å². The Morgan fingerprint density at radius 2 is 1.88 bits per heavy atom. The molecule has 4 aliphatic heterocycles. The molecule has 0 spiro atoms. The van der Waals surface area contributed by atoms with E-state index in [4.69, 9.17) is 16.3 Å². The second-order valence-electron chi connectivity index (χ2n) is 7.52. The van der Waals surface area contributed by atoms with Crippen LogP contribution in [0.3, 0.4) is 0 Å². The van der Waals surface area contributed by atoms with Gasteiger partial charge in [0.15, 0.2) is 0 Å². The fraction of sp³-hybridized carbons (Fsp3) is 0.429. The van der Waals surface area contributed by atoms with Gasteiger partial charge in [0, 0.05) is 40.0 Å². The molecular weight excluding hydrogens is 350 g/mol. The van der Waals surface area contributed by atoms with Gasteiger partial charge in [-0.15, -0.1) is 11.8 Å². The van der Waals surface area contributed by atoms with Crippen molar-refractivity contribution in [2.24, 2.45) is 5.92 Å². The first kappa shape index (κ1) is 16.2. The van der Waals surface area contributed by atoms with E-state index in [1.54, 1.807) is 4.90 Å². The second kappa shape index (κ2) is 6.62. The zero-order valence-corrected chi connectivity index (χ0v) is 15.8. The van der Waals surface area contributed by atoms with Gasteiger partial charge in [-0.05, 0) is 29.3 Å². The summed E-state index contributed by atoms with van der Waals surface area (Å²) >= 11 is 8.26. The quantitative estimate of drug-likeness (QED) is 0.863. The number of benzene rings is 2.